The highest BCUT2D eigenvalue weighted by atomic mass is 79.9. The Morgan fingerprint density at radius 2 is 1.89 bits per heavy atom. The number of aromatic nitrogens is 1. The standard InChI is InChI=1S/C16H14BrN/c1-2-11-7-8-15-12(9-11)10-16(18-15)13-5-3-4-6-14(13)17/h3-10,18H,2H2,1H3. The highest BCUT2D eigenvalue weighted by Gasteiger charge is 2.06. The largest absolute Gasteiger partial charge is 0.354 e. The third-order valence-corrected chi connectivity index (χ3v) is 3.95. The van der Waals surface area contributed by atoms with Crippen LogP contribution in [0, 0.1) is 0 Å². The lowest BCUT2D eigenvalue weighted by Gasteiger charge is -2.00. The first-order valence-electron chi connectivity index (χ1n) is 6.14. The minimum Gasteiger partial charge on any atom is -0.354 e. The van der Waals surface area contributed by atoms with Gasteiger partial charge in [-0.05, 0) is 36.2 Å². The molecule has 0 aliphatic rings. The third-order valence-electron chi connectivity index (χ3n) is 3.26. The van der Waals surface area contributed by atoms with E-state index in [1.165, 1.54) is 22.0 Å². The Bertz CT molecular complexity index is 697. The number of rotatable bonds is 2. The van der Waals surface area contributed by atoms with E-state index >= 15 is 0 Å². The van der Waals surface area contributed by atoms with Crippen LogP contribution in [0.1, 0.15) is 12.5 Å². The van der Waals surface area contributed by atoms with Crippen LogP contribution in [0.15, 0.2) is 53.0 Å². The van der Waals surface area contributed by atoms with Crippen LogP contribution < -0.4 is 0 Å². The second-order valence-electron chi connectivity index (χ2n) is 4.44. The number of aryl methyl sites for hydroxylation is 1. The Morgan fingerprint density at radius 3 is 2.67 bits per heavy atom. The lowest BCUT2D eigenvalue weighted by molar-refractivity contribution is 1.15. The molecule has 1 N–H and O–H groups in total. The molecule has 2 aromatic carbocycles. The lowest BCUT2D eigenvalue weighted by atomic mass is 10.1. The van der Waals surface area contributed by atoms with Gasteiger partial charge in [0.15, 0.2) is 0 Å². The summed E-state index contributed by atoms with van der Waals surface area (Å²) in [6, 6.07) is 17.1. The van der Waals surface area contributed by atoms with E-state index in [4.69, 9.17) is 0 Å². The molecule has 0 amide bonds. The maximum atomic E-state index is 3.60. The van der Waals surface area contributed by atoms with Gasteiger partial charge < -0.3 is 4.98 Å². The molecule has 0 saturated carbocycles. The number of hydrogen-bond donors (Lipinski definition) is 1. The quantitative estimate of drug-likeness (QED) is 0.673. The van der Waals surface area contributed by atoms with Gasteiger partial charge in [-0.15, -0.1) is 0 Å². The van der Waals surface area contributed by atoms with E-state index in [1.807, 2.05) is 6.07 Å². The first-order valence-corrected chi connectivity index (χ1v) is 6.94. The summed E-state index contributed by atoms with van der Waals surface area (Å²) in [5.41, 5.74) is 4.93. The molecule has 0 fully saturated rings. The number of nitrogens with one attached hydrogen (secondary N) is 1. The van der Waals surface area contributed by atoms with Gasteiger partial charge in [0.1, 0.15) is 0 Å². The van der Waals surface area contributed by atoms with Gasteiger partial charge in [-0.1, -0.05) is 47.1 Å². The molecule has 3 rings (SSSR count). The third kappa shape index (κ3) is 1.97. The molecular formula is C16H14BrN. The predicted molar refractivity (Wildman–Crippen MR) is 80.8 cm³/mol. The monoisotopic (exact) mass is 299 g/mol. The summed E-state index contributed by atoms with van der Waals surface area (Å²) in [5, 5.41) is 1.28. The maximum absolute atomic E-state index is 3.60. The van der Waals surface area contributed by atoms with Crippen LogP contribution in [0.4, 0.5) is 0 Å². The van der Waals surface area contributed by atoms with Crippen LogP contribution in [0.25, 0.3) is 22.2 Å². The van der Waals surface area contributed by atoms with Crippen molar-refractivity contribution in [2.75, 3.05) is 0 Å². The van der Waals surface area contributed by atoms with E-state index in [1.54, 1.807) is 0 Å². The number of aromatic amines is 1. The van der Waals surface area contributed by atoms with E-state index < -0.39 is 0 Å². The minimum atomic E-state index is 1.07. The summed E-state index contributed by atoms with van der Waals surface area (Å²) in [4.78, 5) is 3.47. The Kier molecular flexibility index (Phi) is 2.96. The van der Waals surface area contributed by atoms with Crippen LogP contribution in [0.3, 0.4) is 0 Å². The summed E-state index contributed by atoms with van der Waals surface area (Å²) < 4.78 is 1.12. The van der Waals surface area contributed by atoms with Crippen molar-refractivity contribution in [3.63, 3.8) is 0 Å². The smallest absolute Gasteiger partial charge is 0.0476 e. The van der Waals surface area contributed by atoms with Crippen molar-refractivity contribution in [1.82, 2.24) is 4.98 Å². The van der Waals surface area contributed by atoms with Crippen LogP contribution >= 0.6 is 15.9 Å². The van der Waals surface area contributed by atoms with Gasteiger partial charge in [-0.2, -0.15) is 0 Å². The molecule has 0 spiro atoms. The Hall–Kier alpha value is -1.54. The molecule has 3 aromatic rings. The van der Waals surface area contributed by atoms with Crippen molar-refractivity contribution in [3.05, 3.63) is 58.6 Å². The van der Waals surface area contributed by atoms with Gasteiger partial charge in [0.2, 0.25) is 0 Å². The lowest BCUT2D eigenvalue weighted by Crippen LogP contribution is -1.78. The Labute approximate surface area is 115 Å². The van der Waals surface area contributed by atoms with E-state index in [0.29, 0.717) is 0 Å². The van der Waals surface area contributed by atoms with Gasteiger partial charge in [-0.25, -0.2) is 0 Å². The molecule has 0 radical (unpaired) electrons. The zero-order valence-electron chi connectivity index (χ0n) is 10.2. The molecule has 1 heterocycles. The average molecular weight is 300 g/mol. The van der Waals surface area contributed by atoms with Gasteiger partial charge >= 0.3 is 0 Å². The molecule has 1 aromatic heterocycles. The van der Waals surface area contributed by atoms with Crippen molar-refractivity contribution in [2.24, 2.45) is 0 Å². The van der Waals surface area contributed by atoms with Crippen LogP contribution in [-0.4, -0.2) is 4.98 Å². The second kappa shape index (κ2) is 4.62. The van der Waals surface area contributed by atoms with Gasteiger partial charge in [-0.3, -0.25) is 0 Å². The number of hydrogen-bond acceptors (Lipinski definition) is 0. The molecule has 2 heteroatoms. The molecular weight excluding hydrogens is 286 g/mol. The molecule has 0 atom stereocenters. The van der Waals surface area contributed by atoms with Crippen LogP contribution in [0.5, 0.6) is 0 Å². The van der Waals surface area contributed by atoms with Crippen molar-refractivity contribution in [3.8, 4) is 11.3 Å². The zero-order chi connectivity index (χ0) is 12.5. The highest BCUT2D eigenvalue weighted by molar-refractivity contribution is 9.10. The second-order valence-corrected chi connectivity index (χ2v) is 5.29. The van der Waals surface area contributed by atoms with Crippen molar-refractivity contribution in [2.45, 2.75) is 13.3 Å². The zero-order valence-corrected chi connectivity index (χ0v) is 11.8. The molecule has 90 valence electrons. The summed E-state index contributed by atoms with van der Waals surface area (Å²) >= 11 is 3.60. The molecule has 0 bridgehead atoms. The fourth-order valence-corrected chi connectivity index (χ4v) is 2.73. The predicted octanol–water partition coefficient (Wildman–Crippen LogP) is 5.16. The van der Waals surface area contributed by atoms with E-state index in [0.717, 1.165) is 16.6 Å². The highest BCUT2D eigenvalue weighted by Crippen LogP contribution is 2.30. The first kappa shape index (κ1) is 11.5. The topological polar surface area (TPSA) is 15.8 Å². The average Bonchev–Trinajstić information content (AvgIpc) is 2.81. The SMILES string of the molecule is CCc1ccc2[nH]c(-c3ccccc3Br)cc2c1. The Balaban J connectivity index is 2.17. The molecule has 0 saturated heterocycles. The summed E-state index contributed by atoms with van der Waals surface area (Å²) in [7, 11) is 0. The molecule has 1 nitrogen and oxygen atoms in total. The Morgan fingerprint density at radius 1 is 1.06 bits per heavy atom. The van der Waals surface area contributed by atoms with Gasteiger partial charge in [0.25, 0.3) is 0 Å². The normalized spacial score (nSPS) is 11.0. The van der Waals surface area contributed by atoms with E-state index in [2.05, 4.69) is 70.3 Å². The molecule has 0 aliphatic heterocycles. The minimum absolute atomic E-state index is 1.07. The van der Waals surface area contributed by atoms with E-state index in [9.17, 15) is 0 Å². The maximum Gasteiger partial charge on any atom is 0.0476 e. The number of fused-ring (bicyclic) bond motifs is 1. The van der Waals surface area contributed by atoms with Crippen molar-refractivity contribution in [1.29, 1.82) is 0 Å². The first-order chi connectivity index (χ1) is 8.78. The number of H-pyrrole nitrogens is 1. The summed E-state index contributed by atoms with van der Waals surface area (Å²) in [6.45, 7) is 2.18. The van der Waals surface area contributed by atoms with Crippen LogP contribution in [0.2, 0.25) is 0 Å². The molecule has 0 aliphatic carbocycles. The van der Waals surface area contributed by atoms with E-state index in [-0.39, 0.29) is 0 Å². The van der Waals surface area contributed by atoms with Crippen molar-refractivity contribution >= 4 is 26.8 Å². The van der Waals surface area contributed by atoms with Gasteiger partial charge in [0, 0.05) is 26.6 Å². The van der Waals surface area contributed by atoms with Gasteiger partial charge in [0.05, 0.1) is 0 Å². The van der Waals surface area contributed by atoms with Crippen LogP contribution in [-0.2, 0) is 6.42 Å². The number of halogens is 1. The fourth-order valence-electron chi connectivity index (χ4n) is 2.23. The molecule has 18 heavy (non-hydrogen) atoms. The summed E-state index contributed by atoms with van der Waals surface area (Å²) in [6.07, 6.45) is 1.07. The molecule has 0 unspecified atom stereocenters. The number of benzene rings is 2. The summed E-state index contributed by atoms with van der Waals surface area (Å²) in [5.74, 6) is 0. The fraction of sp³-hybridized carbons (Fsp3) is 0.125. The van der Waals surface area contributed by atoms with Crippen molar-refractivity contribution < 1.29 is 0 Å².